The van der Waals surface area contributed by atoms with E-state index in [0.717, 1.165) is 18.8 Å². The van der Waals surface area contributed by atoms with E-state index in [4.69, 9.17) is 4.84 Å². The zero-order valence-electron chi connectivity index (χ0n) is 8.60. The second-order valence-electron chi connectivity index (χ2n) is 3.43. The van der Waals surface area contributed by atoms with Gasteiger partial charge in [0, 0.05) is 37.3 Å². The van der Waals surface area contributed by atoms with Crippen LogP contribution >= 0.6 is 0 Å². The molecule has 0 bridgehead atoms. The van der Waals surface area contributed by atoms with Crippen LogP contribution in [0.3, 0.4) is 0 Å². The van der Waals surface area contributed by atoms with Gasteiger partial charge in [-0.05, 0) is 13.0 Å². The van der Waals surface area contributed by atoms with Crippen LogP contribution in [0.4, 0.5) is 0 Å². The van der Waals surface area contributed by atoms with Crippen molar-refractivity contribution in [2.75, 3.05) is 13.1 Å². The zero-order chi connectivity index (χ0) is 10.5. The molecular formula is C10H14N4O. The quantitative estimate of drug-likeness (QED) is 0.695. The largest absolute Gasteiger partial charge is 0.311 e. The van der Waals surface area contributed by atoms with Gasteiger partial charge in [-0.25, -0.2) is 9.97 Å². The Balaban J connectivity index is 1.83. The fourth-order valence-electron chi connectivity index (χ4n) is 1.13. The molecule has 5 nitrogen and oxygen atoms in total. The van der Waals surface area contributed by atoms with Crippen LogP contribution in [0.15, 0.2) is 24.2 Å². The molecule has 0 unspecified atom stereocenters. The first-order chi connectivity index (χ1) is 7.34. The Kier molecular flexibility index (Phi) is 3.26. The molecule has 0 aromatic carbocycles. The molecule has 2 rings (SSSR count). The number of hydrogen-bond acceptors (Lipinski definition) is 5. The lowest BCUT2D eigenvalue weighted by molar-refractivity contribution is -0.0339. The number of rotatable bonds is 4. The van der Waals surface area contributed by atoms with Crippen molar-refractivity contribution in [3.8, 4) is 0 Å². The number of nitrogens with one attached hydrogen (secondary N) is 2. The Morgan fingerprint density at radius 1 is 1.53 bits per heavy atom. The summed E-state index contributed by atoms with van der Waals surface area (Å²) in [6.45, 7) is 3.73. The zero-order valence-corrected chi connectivity index (χ0v) is 8.60. The van der Waals surface area contributed by atoms with E-state index in [9.17, 15) is 0 Å². The highest BCUT2D eigenvalue weighted by molar-refractivity contribution is 5.42. The number of nitrogens with zero attached hydrogens (tertiary/aromatic N) is 2. The Hall–Kier alpha value is -1.46. The average molecular weight is 206 g/mol. The molecule has 0 amide bonds. The van der Waals surface area contributed by atoms with E-state index in [1.165, 1.54) is 0 Å². The number of hydroxylamine groups is 1. The van der Waals surface area contributed by atoms with Crippen molar-refractivity contribution >= 4 is 6.08 Å². The first-order valence-corrected chi connectivity index (χ1v) is 4.92. The summed E-state index contributed by atoms with van der Waals surface area (Å²) in [7, 11) is 0. The van der Waals surface area contributed by atoms with Crippen molar-refractivity contribution in [2.24, 2.45) is 0 Å². The summed E-state index contributed by atoms with van der Waals surface area (Å²) in [4.78, 5) is 13.5. The molecular weight excluding hydrogens is 192 g/mol. The first-order valence-electron chi connectivity index (χ1n) is 4.92. The number of hydrogen-bond donors (Lipinski definition) is 2. The molecule has 5 heteroatoms. The summed E-state index contributed by atoms with van der Waals surface area (Å²) in [5.41, 5.74) is 3.77. The monoisotopic (exact) mass is 206 g/mol. The van der Waals surface area contributed by atoms with Crippen molar-refractivity contribution in [1.29, 1.82) is 0 Å². The predicted molar refractivity (Wildman–Crippen MR) is 56.6 cm³/mol. The summed E-state index contributed by atoms with van der Waals surface area (Å²) in [5, 5.41) is 3.13. The third-order valence-electron chi connectivity index (χ3n) is 2.06. The van der Waals surface area contributed by atoms with Crippen molar-refractivity contribution in [3.05, 3.63) is 30.0 Å². The predicted octanol–water partition coefficient (Wildman–Crippen LogP) is 0.330. The van der Waals surface area contributed by atoms with Crippen LogP contribution in [0, 0.1) is 0 Å². The molecule has 1 aromatic heterocycles. The van der Waals surface area contributed by atoms with E-state index < -0.39 is 0 Å². The average Bonchev–Trinajstić information content (AvgIpc) is 2.17. The topological polar surface area (TPSA) is 59.1 Å². The molecule has 80 valence electrons. The second kappa shape index (κ2) is 4.86. The van der Waals surface area contributed by atoms with E-state index in [1.807, 2.05) is 13.0 Å². The van der Waals surface area contributed by atoms with Crippen LogP contribution in [0.2, 0.25) is 0 Å². The summed E-state index contributed by atoms with van der Waals surface area (Å²) in [6, 6.07) is 1.79. The molecule has 1 fully saturated rings. The summed E-state index contributed by atoms with van der Waals surface area (Å²) >= 11 is 0. The Bertz CT molecular complexity index is 335. The maximum absolute atomic E-state index is 5.38. The molecule has 0 atom stereocenters. The van der Waals surface area contributed by atoms with Crippen LogP contribution in [-0.2, 0) is 4.84 Å². The summed E-state index contributed by atoms with van der Waals surface area (Å²) in [6.07, 6.45) is 5.53. The molecule has 0 aliphatic carbocycles. The highest BCUT2D eigenvalue weighted by atomic mass is 16.7. The molecule has 2 heterocycles. The number of aromatic nitrogens is 2. The van der Waals surface area contributed by atoms with E-state index in [1.54, 1.807) is 18.5 Å². The molecule has 15 heavy (non-hydrogen) atoms. The van der Waals surface area contributed by atoms with Gasteiger partial charge >= 0.3 is 0 Å². The Labute approximate surface area is 88.5 Å². The molecule has 1 aromatic rings. The van der Waals surface area contributed by atoms with E-state index in [2.05, 4.69) is 20.8 Å². The second-order valence-corrected chi connectivity index (χ2v) is 3.43. The van der Waals surface area contributed by atoms with Crippen LogP contribution in [-0.4, -0.2) is 29.2 Å². The standard InChI is InChI=1S/C10H14N4O/c1-8(14-15-9-6-11-7-9)5-10-12-3-2-4-13-10/h2-5,9,11,14H,6-7H2,1H3. The summed E-state index contributed by atoms with van der Waals surface area (Å²) < 4.78 is 0. The first kappa shape index (κ1) is 10.1. The SMILES string of the molecule is CC(=Cc1ncccn1)NOC1CNC1. The van der Waals surface area contributed by atoms with Gasteiger partial charge in [0.05, 0.1) is 0 Å². The maximum Gasteiger partial charge on any atom is 0.153 e. The van der Waals surface area contributed by atoms with E-state index >= 15 is 0 Å². The lowest BCUT2D eigenvalue weighted by Gasteiger charge is -2.26. The fourth-order valence-corrected chi connectivity index (χ4v) is 1.13. The maximum atomic E-state index is 5.38. The minimum absolute atomic E-state index is 0.269. The molecule has 2 N–H and O–H groups in total. The van der Waals surface area contributed by atoms with Gasteiger partial charge in [0.2, 0.25) is 0 Å². The normalized spacial score (nSPS) is 17.3. The van der Waals surface area contributed by atoms with Gasteiger partial charge in [-0.3, -0.25) is 10.3 Å². The van der Waals surface area contributed by atoms with Crippen LogP contribution in [0.25, 0.3) is 6.08 Å². The van der Waals surface area contributed by atoms with Gasteiger partial charge in [0.1, 0.15) is 6.10 Å². The molecule has 0 saturated carbocycles. The van der Waals surface area contributed by atoms with Crippen molar-refractivity contribution in [2.45, 2.75) is 13.0 Å². The smallest absolute Gasteiger partial charge is 0.153 e. The Morgan fingerprint density at radius 3 is 2.87 bits per heavy atom. The van der Waals surface area contributed by atoms with Crippen molar-refractivity contribution in [1.82, 2.24) is 20.8 Å². The lowest BCUT2D eigenvalue weighted by atomic mass is 10.2. The molecule has 1 saturated heterocycles. The van der Waals surface area contributed by atoms with Crippen LogP contribution < -0.4 is 10.8 Å². The minimum atomic E-state index is 0.269. The fraction of sp³-hybridized carbons (Fsp3) is 0.400. The Morgan fingerprint density at radius 2 is 2.27 bits per heavy atom. The van der Waals surface area contributed by atoms with Gasteiger partial charge in [-0.1, -0.05) is 0 Å². The van der Waals surface area contributed by atoms with Crippen LogP contribution in [0.1, 0.15) is 12.7 Å². The molecule has 0 spiro atoms. The van der Waals surface area contributed by atoms with Crippen molar-refractivity contribution < 1.29 is 4.84 Å². The van der Waals surface area contributed by atoms with Gasteiger partial charge in [0.15, 0.2) is 5.82 Å². The van der Waals surface area contributed by atoms with Crippen LogP contribution in [0.5, 0.6) is 0 Å². The lowest BCUT2D eigenvalue weighted by Crippen LogP contribution is -2.50. The minimum Gasteiger partial charge on any atom is -0.311 e. The highest BCUT2D eigenvalue weighted by Crippen LogP contribution is 2.00. The molecule has 1 aliphatic rings. The summed E-state index contributed by atoms with van der Waals surface area (Å²) in [5.74, 6) is 0.679. The molecule has 1 aliphatic heterocycles. The van der Waals surface area contributed by atoms with E-state index in [-0.39, 0.29) is 6.10 Å². The third-order valence-corrected chi connectivity index (χ3v) is 2.06. The number of allylic oxidation sites excluding steroid dienone is 1. The highest BCUT2D eigenvalue weighted by Gasteiger charge is 2.17. The third kappa shape index (κ3) is 3.00. The van der Waals surface area contributed by atoms with Gasteiger partial charge < -0.3 is 5.32 Å². The van der Waals surface area contributed by atoms with E-state index in [0.29, 0.717) is 5.82 Å². The van der Waals surface area contributed by atoms with Gasteiger partial charge in [-0.2, -0.15) is 0 Å². The van der Waals surface area contributed by atoms with Gasteiger partial charge in [0.25, 0.3) is 0 Å². The van der Waals surface area contributed by atoms with Gasteiger partial charge in [-0.15, -0.1) is 0 Å². The molecule has 0 radical (unpaired) electrons. The van der Waals surface area contributed by atoms with Crippen molar-refractivity contribution in [3.63, 3.8) is 0 Å².